The van der Waals surface area contributed by atoms with Crippen LogP contribution >= 0.6 is 0 Å². The van der Waals surface area contributed by atoms with Gasteiger partial charge in [-0.05, 0) is 29.8 Å². The van der Waals surface area contributed by atoms with Gasteiger partial charge < -0.3 is 14.6 Å². The lowest BCUT2D eigenvalue weighted by Crippen LogP contribution is -2.04. The van der Waals surface area contributed by atoms with Crippen molar-refractivity contribution in [2.24, 2.45) is 0 Å². The van der Waals surface area contributed by atoms with E-state index in [1.54, 1.807) is 18.2 Å². The maximum absolute atomic E-state index is 13.3. The molecule has 0 saturated heterocycles. The molecule has 0 bridgehead atoms. The first-order valence-corrected chi connectivity index (χ1v) is 6.18. The summed E-state index contributed by atoms with van der Waals surface area (Å²) in [7, 11) is 1.29. The Bertz CT molecular complexity index is 628. The van der Waals surface area contributed by atoms with Crippen LogP contribution in [0.1, 0.15) is 21.6 Å². The molecule has 0 spiro atoms. The number of aliphatic hydroxyl groups is 1. The first kappa shape index (κ1) is 14.9. The monoisotopic (exact) mass is 291 g/mol. The van der Waals surface area contributed by atoms with E-state index in [9.17, 15) is 9.18 Å². The smallest absolute Gasteiger partial charge is 0.339 e. The number of hydrogen-bond acceptors (Lipinski definition) is 5. The van der Waals surface area contributed by atoms with Gasteiger partial charge in [-0.25, -0.2) is 9.18 Å². The quantitative estimate of drug-likeness (QED) is 0.854. The summed E-state index contributed by atoms with van der Waals surface area (Å²) in [5, 5.41) is 9.00. The first-order chi connectivity index (χ1) is 10.1. The Morgan fingerprint density at radius 2 is 2.14 bits per heavy atom. The highest BCUT2D eigenvalue weighted by molar-refractivity contribution is 5.88. The zero-order valence-corrected chi connectivity index (χ0v) is 11.4. The van der Waals surface area contributed by atoms with Gasteiger partial charge in [0, 0.05) is 12.3 Å². The van der Waals surface area contributed by atoms with Crippen molar-refractivity contribution in [2.45, 2.75) is 13.2 Å². The van der Waals surface area contributed by atoms with E-state index in [1.165, 1.54) is 25.4 Å². The summed E-state index contributed by atoms with van der Waals surface area (Å²) in [5.74, 6) is -0.642. The molecule has 2 rings (SSSR count). The van der Waals surface area contributed by atoms with E-state index in [0.717, 1.165) is 0 Å². The minimum Gasteiger partial charge on any atom is -0.487 e. The Kier molecular flexibility index (Phi) is 4.84. The average molecular weight is 291 g/mol. The van der Waals surface area contributed by atoms with Gasteiger partial charge in [-0.2, -0.15) is 0 Å². The molecule has 1 heterocycles. The molecule has 21 heavy (non-hydrogen) atoms. The second-order valence-corrected chi connectivity index (χ2v) is 4.27. The Hall–Kier alpha value is -2.47. The summed E-state index contributed by atoms with van der Waals surface area (Å²) in [5.41, 5.74) is 1.35. The second-order valence-electron chi connectivity index (χ2n) is 4.27. The summed E-state index contributed by atoms with van der Waals surface area (Å²) < 4.78 is 23.2. The summed E-state index contributed by atoms with van der Waals surface area (Å²) in [6, 6.07) is 7.20. The second kappa shape index (κ2) is 6.81. The molecule has 0 radical (unpaired) electrons. The number of esters is 1. The minimum atomic E-state index is -0.481. The molecule has 0 amide bonds. The van der Waals surface area contributed by atoms with Crippen molar-refractivity contribution in [3.05, 3.63) is 59.2 Å². The van der Waals surface area contributed by atoms with Crippen LogP contribution in [0.5, 0.6) is 5.75 Å². The van der Waals surface area contributed by atoms with Crippen LogP contribution in [0.3, 0.4) is 0 Å². The number of hydrogen-bond donors (Lipinski definition) is 1. The van der Waals surface area contributed by atoms with Gasteiger partial charge in [0.25, 0.3) is 0 Å². The number of nitrogens with zero attached hydrogens (tertiary/aromatic N) is 1. The van der Waals surface area contributed by atoms with Crippen molar-refractivity contribution in [1.29, 1.82) is 0 Å². The Morgan fingerprint density at radius 1 is 1.33 bits per heavy atom. The zero-order chi connectivity index (χ0) is 15.2. The highest BCUT2D eigenvalue weighted by Gasteiger charge is 2.06. The molecule has 1 aromatic heterocycles. The van der Waals surface area contributed by atoms with Crippen LogP contribution in [0, 0.1) is 5.82 Å². The average Bonchev–Trinajstić information content (AvgIpc) is 2.52. The fraction of sp³-hybridized carbons (Fsp3) is 0.200. The van der Waals surface area contributed by atoms with E-state index in [4.69, 9.17) is 9.84 Å². The molecule has 0 fully saturated rings. The Labute approximate surface area is 121 Å². The molecule has 2 aromatic rings. The van der Waals surface area contributed by atoms with Crippen molar-refractivity contribution < 1.29 is 23.8 Å². The third-order valence-corrected chi connectivity index (χ3v) is 2.75. The van der Waals surface area contributed by atoms with Crippen LogP contribution in [0.2, 0.25) is 0 Å². The molecule has 0 unspecified atom stereocenters. The maximum Gasteiger partial charge on any atom is 0.339 e. The van der Waals surface area contributed by atoms with E-state index in [1.807, 2.05) is 0 Å². The number of aromatic nitrogens is 1. The summed E-state index contributed by atoms with van der Waals surface area (Å²) >= 11 is 0. The Balaban J connectivity index is 2.03. The molecule has 5 nitrogen and oxygen atoms in total. The Morgan fingerprint density at radius 3 is 2.76 bits per heavy atom. The van der Waals surface area contributed by atoms with Crippen LogP contribution in [-0.2, 0) is 18.0 Å². The first-order valence-electron chi connectivity index (χ1n) is 6.18. The van der Waals surface area contributed by atoms with E-state index in [-0.39, 0.29) is 13.2 Å². The third kappa shape index (κ3) is 4.00. The number of carbonyl (C=O) groups is 1. The lowest BCUT2D eigenvalue weighted by Gasteiger charge is -2.08. The number of ether oxygens (including phenoxy) is 2. The third-order valence-electron chi connectivity index (χ3n) is 2.75. The van der Waals surface area contributed by atoms with Crippen molar-refractivity contribution in [3.63, 3.8) is 0 Å². The van der Waals surface area contributed by atoms with Crippen molar-refractivity contribution >= 4 is 5.97 Å². The topological polar surface area (TPSA) is 68.7 Å². The molecule has 110 valence electrons. The normalized spacial score (nSPS) is 10.2. The fourth-order valence-corrected chi connectivity index (χ4v) is 1.70. The highest BCUT2D eigenvalue weighted by Crippen LogP contribution is 2.17. The lowest BCUT2D eigenvalue weighted by atomic mass is 10.2. The van der Waals surface area contributed by atoms with E-state index >= 15 is 0 Å². The summed E-state index contributed by atoms with van der Waals surface area (Å²) in [4.78, 5) is 15.3. The number of methoxy groups -OCH3 is 1. The van der Waals surface area contributed by atoms with E-state index in [2.05, 4.69) is 9.72 Å². The predicted octanol–water partition coefficient (Wildman–Crippen LogP) is 2.08. The molecule has 6 heteroatoms. The molecular weight excluding hydrogens is 277 g/mol. The molecule has 0 aliphatic carbocycles. The highest BCUT2D eigenvalue weighted by atomic mass is 19.1. The molecule has 0 saturated carbocycles. The van der Waals surface area contributed by atoms with Crippen LogP contribution in [-0.4, -0.2) is 23.2 Å². The van der Waals surface area contributed by atoms with Crippen LogP contribution in [0.4, 0.5) is 4.39 Å². The minimum absolute atomic E-state index is 0.121. The van der Waals surface area contributed by atoms with Gasteiger partial charge in [0.2, 0.25) is 0 Å². The van der Waals surface area contributed by atoms with Gasteiger partial charge in [-0.3, -0.25) is 4.98 Å². The van der Waals surface area contributed by atoms with E-state index < -0.39 is 11.8 Å². The number of pyridine rings is 1. The van der Waals surface area contributed by atoms with E-state index in [0.29, 0.717) is 22.6 Å². The van der Waals surface area contributed by atoms with Gasteiger partial charge in [0.05, 0.1) is 25.0 Å². The van der Waals surface area contributed by atoms with Gasteiger partial charge in [-0.1, -0.05) is 0 Å². The maximum atomic E-state index is 13.3. The van der Waals surface area contributed by atoms with Gasteiger partial charge in [-0.15, -0.1) is 0 Å². The lowest BCUT2D eigenvalue weighted by molar-refractivity contribution is 0.0600. The van der Waals surface area contributed by atoms with Crippen molar-refractivity contribution in [2.75, 3.05) is 7.11 Å². The number of carbonyl (C=O) groups excluding carboxylic acids is 1. The molecule has 1 aromatic carbocycles. The van der Waals surface area contributed by atoms with Crippen LogP contribution in [0.25, 0.3) is 0 Å². The number of halogens is 1. The van der Waals surface area contributed by atoms with Crippen LogP contribution < -0.4 is 4.74 Å². The largest absolute Gasteiger partial charge is 0.487 e. The van der Waals surface area contributed by atoms with Gasteiger partial charge in [0.1, 0.15) is 18.2 Å². The van der Waals surface area contributed by atoms with Crippen LogP contribution in [0.15, 0.2) is 36.5 Å². The molecular formula is C15H14FNO4. The number of rotatable bonds is 5. The number of aliphatic hydroxyl groups excluding tert-OH is 1. The van der Waals surface area contributed by atoms with Gasteiger partial charge >= 0.3 is 5.97 Å². The molecule has 0 aliphatic rings. The summed E-state index contributed by atoms with van der Waals surface area (Å²) in [6.45, 7) is -0.143. The standard InChI is InChI=1S/C15H14FNO4/c1-20-15(19)11-2-3-13(17-7-11)9-21-14-5-10(8-18)4-12(16)6-14/h2-7,18H,8-9H2,1H3. The summed E-state index contributed by atoms with van der Waals surface area (Å²) in [6.07, 6.45) is 1.38. The molecule has 1 N–H and O–H groups in total. The predicted molar refractivity (Wildman–Crippen MR) is 72.2 cm³/mol. The van der Waals surface area contributed by atoms with Crippen molar-refractivity contribution in [3.8, 4) is 5.75 Å². The molecule has 0 aliphatic heterocycles. The van der Waals surface area contributed by atoms with Gasteiger partial charge in [0.15, 0.2) is 0 Å². The SMILES string of the molecule is COC(=O)c1ccc(COc2cc(F)cc(CO)c2)nc1. The molecule has 0 atom stereocenters. The fourth-order valence-electron chi connectivity index (χ4n) is 1.70. The van der Waals surface area contributed by atoms with Crippen molar-refractivity contribution in [1.82, 2.24) is 4.98 Å². The number of benzene rings is 1. The zero-order valence-electron chi connectivity index (χ0n) is 11.4.